The van der Waals surface area contributed by atoms with Crippen LogP contribution in [0.3, 0.4) is 0 Å². The molecule has 2 heterocycles. The van der Waals surface area contributed by atoms with E-state index in [1.54, 1.807) is 11.3 Å². The van der Waals surface area contributed by atoms with E-state index in [-0.39, 0.29) is 16.2 Å². The van der Waals surface area contributed by atoms with Crippen molar-refractivity contribution in [2.24, 2.45) is 0 Å². The first-order valence-electron chi connectivity index (χ1n) is 9.23. The number of nitrogens with zero attached hydrogens (tertiary/aromatic N) is 2. The maximum atomic E-state index is 5.69. The van der Waals surface area contributed by atoms with E-state index < -0.39 is 0 Å². The summed E-state index contributed by atoms with van der Waals surface area (Å²) in [4.78, 5) is 9.64. The Morgan fingerprint density at radius 3 is 2.12 bits per heavy atom. The molecule has 0 saturated heterocycles. The lowest BCUT2D eigenvalue weighted by Gasteiger charge is -2.24. The molecule has 4 heteroatoms. The molecule has 0 aromatic carbocycles. The molecule has 2 rings (SSSR count). The van der Waals surface area contributed by atoms with Crippen molar-refractivity contribution in [3.63, 3.8) is 0 Å². The molecule has 25 heavy (non-hydrogen) atoms. The Morgan fingerprint density at radius 2 is 1.64 bits per heavy atom. The Kier molecular flexibility index (Phi) is 5.53. The van der Waals surface area contributed by atoms with Crippen molar-refractivity contribution in [2.45, 2.75) is 97.3 Å². The van der Waals surface area contributed by atoms with Gasteiger partial charge in [0.2, 0.25) is 0 Å². The molecule has 2 aromatic heterocycles. The first-order valence-corrected chi connectivity index (χ1v) is 10.1. The predicted molar refractivity (Wildman–Crippen MR) is 107 cm³/mol. The quantitative estimate of drug-likeness (QED) is 0.602. The van der Waals surface area contributed by atoms with Gasteiger partial charge < -0.3 is 4.42 Å². The van der Waals surface area contributed by atoms with Crippen LogP contribution in [0.25, 0.3) is 0 Å². The lowest BCUT2D eigenvalue weighted by Crippen LogP contribution is -2.19. The summed E-state index contributed by atoms with van der Waals surface area (Å²) in [5.41, 5.74) is 2.41. The average molecular weight is 363 g/mol. The molecule has 0 aliphatic rings. The van der Waals surface area contributed by atoms with E-state index in [0.29, 0.717) is 5.92 Å². The zero-order valence-electron chi connectivity index (χ0n) is 17.4. The molecule has 0 spiro atoms. The predicted octanol–water partition coefficient (Wildman–Crippen LogP) is 6.59. The highest BCUT2D eigenvalue weighted by Crippen LogP contribution is 2.36. The average Bonchev–Trinajstić information content (AvgIpc) is 3.12. The number of hydrogen-bond donors (Lipinski definition) is 0. The molecule has 1 atom stereocenters. The van der Waals surface area contributed by atoms with Gasteiger partial charge in [0, 0.05) is 27.5 Å². The Bertz CT molecular complexity index is 698. The molecule has 2 aromatic rings. The van der Waals surface area contributed by atoms with Gasteiger partial charge in [-0.05, 0) is 12.8 Å². The van der Waals surface area contributed by atoms with Gasteiger partial charge in [-0.25, -0.2) is 9.97 Å². The lowest BCUT2D eigenvalue weighted by molar-refractivity contribution is 0.392. The second-order valence-electron chi connectivity index (χ2n) is 9.94. The molecule has 0 N–H and O–H groups in total. The fourth-order valence-corrected chi connectivity index (χ4v) is 3.82. The molecule has 0 aliphatic carbocycles. The zero-order valence-corrected chi connectivity index (χ0v) is 18.2. The van der Waals surface area contributed by atoms with E-state index >= 15 is 0 Å². The van der Waals surface area contributed by atoms with Crippen LogP contribution in [0.15, 0.2) is 16.1 Å². The summed E-state index contributed by atoms with van der Waals surface area (Å²) in [5, 5.41) is 3.45. The van der Waals surface area contributed by atoms with Crippen LogP contribution in [-0.2, 0) is 16.2 Å². The minimum Gasteiger partial charge on any atom is -0.448 e. The number of hydrogen-bond acceptors (Lipinski definition) is 4. The molecule has 0 aliphatic heterocycles. The summed E-state index contributed by atoms with van der Waals surface area (Å²) in [6.07, 6.45) is 4.00. The van der Waals surface area contributed by atoms with Gasteiger partial charge in [-0.3, -0.25) is 0 Å². The number of oxazole rings is 1. The fraction of sp³-hybridized carbons (Fsp3) is 0.714. The summed E-state index contributed by atoms with van der Waals surface area (Å²) >= 11 is 1.79. The molecule has 0 radical (unpaired) electrons. The Balaban J connectivity index is 2.04. The van der Waals surface area contributed by atoms with E-state index in [0.717, 1.165) is 24.4 Å². The summed E-state index contributed by atoms with van der Waals surface area (Å²) < 4.78 is 5.69. The van der Waals surface area contributed by atoms with Crippen LogP contribution in [0.2, 0.25) is 0 Å². The van der Waals surface area contributed by atoms with Crippen LogP contribution in [-0.4, -0.2) is 9.97 Å². The molecular weight excluding hydrogens is 328 g/mol. The highest BCUT2D eigenvalue weighted by molar-refractivity contribution is 7.09. The topological polar surface area (TPSA) is 38.9 Å². The Hall–Kier alpha value is -1.16. The maximum absolute atomic E-state index is 5.69. The number of thiazole rings is 1. The van der Waals surface area contributed by atoms with Gasteiger partial charge in [-0.2, -0.15) is 0 Å². The highest BCUT2D eigenvalue weighted by atomic mass is 32.1. The van der Waals surface area contributed by atoms with Crippen LogP contribution >= 0.6 is 11.3 Å². The van der Waals surface area contributed by atoms with E-state index in [1.165, 1.54) is 10.7 Å². The lowest BCUT2D eigenvalue weighted by atomic mass is 9.84. The Labute approximate surface area is 157 Å². The third-order valence-corrected chi connectivity index (χ3v) is 5.93. The molecule has 0 amide bonds. The second kappa shape index (κ2) is 6.86. The molecule has 140 valence electrons. The fourth-order valence-electron chi connectivity index (χ4n) is 2.62. The van der Waals surface area contributed by atoms with Crippen molar-refractivity contribution in [2.75, 3.05) is 0 Å². The van der Waals surface area contributed by atoms with Gasteiger partial charge in [-0.1, -0.05) is 62.3 Å². The van der Waals surface area contributed by atoms with Gasteiger partial charge in [0.15, 0.2) is 5.89 Å². The van der Waals surface area contributed by atoms with Crippen molar-refractivity contribution in [3.05, 3.63) is 33.9 Å². The third kappa shape index (κ3) is 4.93. The van der Waals surface area contributed by atoms with Crippen molar-refractivity contribution < 1.29 is 4.42 Å². The normalized spacial score (nSPS) is 14.8. The smallest absolute Gasteiger partial charge is 0.199 e. The van der Waals surface area contributed by atoms with Crippen LogP contribution < -0.4 is 0 Å². The second-order valence-corrected chi connectivity index (χ2v) is 10.8. The molecular formula is C21H34N2OS. The monoisotopic (exact) mass is 362 g/mol. The minimum atomic E-state index is -0.0402. The molecule has 1 unspecified atom stereocenters. The standard InChI is InChI=1S/C21H34N2OS/c1-14(15-12-24-17(22-15)20(5,6)7)10-11-21(8,9)18-23-16(13-25-18)19(2,3)4/h12-14H,10-11H2,1-9H3. The molecule has 0 saturated carbocycles. The summed E-state index contributed by atoms with van der Waals surface area (Å²) in [6, 6.07) is 0. The molecule has 0 bridgehead atoms. The SMILES string of the molecule is CC(CCC(C)(C)c1nc(C(C)(C)C)cs1)c1coc(C(C)(C)C)n1. The van der Waals surface area contributed by atoms with Gasteiger partial charge >= 0.3 is 0 Å². The Morgan fingerprint density at radius 1 is 1.00 bits per heavy atom. The summed E-state index contributed by atoms with van der Waals surface area (Å²) in [6.45, 7) is 19.9. The number of aromatic nitrogens is 2. The van der Waals surface area contributed by atoms with Crippen LogP contribution in [0, 0.1) is 0 Å². The van der Waals surface area contributed by atoms with E-state index in [4.69, 9.17) is 14.4 Å². The van der Waals surface area contributed by atoms with Gasteiger partial charge in [-0.15, -0.1) is 11.3 Å². The third-order valence-electron chi connectivity index (χ3n) is 4.72. The first-order chi connectivity index (χ1) is 11.3. The van der Waals surface area contributed by atoms with Crippen molar-refractivity contribution in [1.29, 1.82) is 0 Å². The zero-order chi connectivity index (χ0) is 19.0. The highest BCUT2D eigenvalue weighted by Gasteiger charge is 2.28. The first kappa shape index (κ1) is 20.2. The van der Waals surface area contributed by atoms with Gasteiger partial charge in [0.05, 0.1) is 16.4 Å². The summed E-state index contributed by atoms with van der Waals surface area (Å²) in [7, 11) is 0. The maximum Gasteiger partial charge on any atom is 0.199 e. The minimum absolute atomic E-state index is 0.0402. The van der Waals surface area contributed by atoms with E-state index in [9.17, 15) is 0 Å². The van der Waals surface area contributed by atoms with Crippen molar-refractivity contribution >= 4 is 11.3 Å². The van der Waals surface area contributed by atoms with Gasteiger partial charge in [0.1, 0.15) is 6.26 Å². The van der Waals surface area contributed by atoms with Crippen molar-refractivity contribution in [1.82, 2.24) is 9.97 Å². The largest absolute Gasteiger partial charge is 0.448 e. The summed E-state index contributed by atoms with van der Waals surface area (Å²) in [5.74, 6) is 1.21. The van der Waals surface area contributed by atoms with E-state index in [1.807, 2.05) is 6.26 Å². The van der Waals surface area contributed by atoms with Crippen LogP contribution in [0.1, 0.15) is 103 Å². The van der Waals surface area contributed by atoms with E-state index in [2.05, 4.69) is 67.7 Å². The van der Waals surface area contributed by atoms with Crippen molar-refractivity contribution in [3.8, 4) is 0 Å². The van der Waals surface area contributed by atoms with Crippen LogP contribution in [0.4, 0.5) is 0 Å². The van der Waals surface area contributed by atoms with Gasteiger partial charge in [0.25, 0.3) is 0 Å². The van der Waals surface area contributed by atoms with Crippen LogP contribution in [0.5, 0.6) is 0 Å². The number of rotatable bonds is 5. The molecule has 3 nitrogen and oxygen atoms in total. The molecule has 0 fully saturated rings.